The molecule has 0 fully saturated rings. The molecule has 0 unspecified atom stereocenters. The number of carboxylic acid groups (broad SMARTS) is 1. The fourth-order valence-corrected chi connectivity index (χ4v) is 1.84. The summed E-state index contributed by atoms with van der Waals surface area (Å²) in [4.78, 5) is 31.2. The molecule has 1 heterocycles. The average Bonchev–Trinajstić information content (AvgIpc) is 2.80. The van der Waals surface area contributed by atoms with Crippen LogP contribution in [0.5, 0.6) is 0 Å². The summed E-state index contributed by atoms with van der Waals surface area (Å²) in [5.41, 5.74) is -1.09. The van der Waals surface area contributed by atoms with E-state index in [1.807, 2.05) is 0 Å². The van der Waals surface area contributed by atoms with E-state index in [0.717, 1.165) is 18.2 Å². The van der Waals surface area contributed by atoms with Gasteiger partial charge >= 0.3 is 5.97 Å². The van der Waals surface area contributed by atoms with Crippen LogP contribution in [0, 0.1) is 27.2 Å². The first-order valence-corrected chi connectivity index (χ1v) is 5.53. The Bertz CT molecular complexity index is 734. The quantitative estimate of drug-likeness (QED) is 0.644. The average molecular weight is 292 g/mol. The van der Waals surface area contributed by atoms with Crippen LogP contribution < -0.4 is 0 Å². The molecule has 0 saturated carbocycles. The molecule has 2 rings (SSSR count). The number of aromatic carboxylic acids is 1. The van der Waals surface area contributed by atoms with Gasteiger partial charge in [-0.1, -0.05) is 0 Å². The van der Waals surface area contributed by atoms with Gasteiger partial charge < -0.3 is 5.11 Å². The summed E-state index contributed by atoms with van der Waals surface area (Å²) >= 11 is 0. The lowest BCUT2D eigenvalue weighted by molar-refractivity contribution is -0.394. The van der Waals surface area contributed by atoms with Crippen LogP contribution in [0.2, 0.25) is 0 Å². The maximum atomic E-state index is 11.2. The second kappa shape index (κ2) is 5.00. The third-order valence-corrected chi connectivity index (χ3v) is 2.76. The van der Waals surface area contributed by atoms with E-state index in [0.29, 0.717) is 0 Å². The molecular formula is C11H8N4O6. The van der Waals surface area contributed by atoms with Crippen LogP contribution in [-0.2, 0) is 0 Å². The fourth-order valence-electron chi connectivity index (χ4n) is 1.84. The number of H-pyrrole nitrogens is 1. The Morgan fingerprint density at radius 3 is 2.14 bits per heavy atom. The molecule has 2 N–H and O–H groups in total. The van der Waals surface area contributed by atoms with Gasteiger partial charge in [-0.15, -0.1) is 0 Å². The van der Waals surface area contributed by atoms with Crippen LogP contribution in [0.25, 0.3) is 11.3 Å². The summed E-state index contributed by atoms with van der Waals surface area (Å²) in [7, 11) is 0. The molecule has 0 saturated heterocycles. The Kier molecular flexibility index (Phi) is 3.36. The van der Waals surface area contributed by atoms with E-state index in [4.69, 9.17) is 5.11 Å². The lowest BCUT2D eigenvalue weighted by atomic mass is 10.0. The molecule has 0 spiro atoms. The number of aromatic amines is 1. The Labute approximate surface area is 116 Å². The lowest BCUT2D eigenvalue weighted by Crippen LogP contribution is -2.00. The van der Waals surface area contributed by atoms with Crippen molar-refractivity contribution in [1.29, 1.82) is 0 Å². The van der Waals surface area contributed by atoms with Gasteiger partial charge in [-0.05, 0) is 6.92 Å². The molecular weight excluding hydrogens is 284 g/mol. The van der Waals surface area contributed by atoms with Gasteiger partial charge in [0.1, 0.15) is 11.3 Å². The SMILES string of the molecule is Cc1[nH]nc(-c2cc([N+](=O)[O-])cc([N+](=O)[O-])c2)c1C(=O)O. The van der Waals surface area contributed by atoms with Crippen LogP contribution in [0.3, 0.4) is 0 Å². The van der Waals surface area contributed by atoms with Gasteiger partial charge in [0.25, 0.3) is 11.4 Å². The van der Waals surface area contributed by atoms with Gasteiger partial charge in [-0.2, -0.15) is 5.10 Å². The van der Waals surface area contributed by atoms with Crippen LogP contribution in [0.15, 0.2) is 18.2 Å². The number of nitrogens with one attached hydrogen (secondary N) is 1. The van der Waals surface area contributed by atoms with Gasteiger partial charge in [-0.25, -0.2) is 4.79 Å². The summed E-state index contributed by atoms with van der Waals surface area (Å²) < 4.78 is 0. The van der Waals surface area contributed by atoms with E-state index in [2.05, 4.69) is 10.2 Å². The molecule has 0 aliphatic heterocycles. The second-order valence-corrected chi connectivity index (χ2v) is 4.13. The highest BCUT2D eigenvalue weighted by atomic mass is 16.6. The predicted octanol–water partition coefficient (Wildman–Crippen LogP) is 1.90. The zero-order valence-electron chi connectivity index (χ0n) is 10.6. The Balaban J connectivity index is 2.72. The molecule has 1 aromatic heterocycles. The highest BCUT2D eigenvalue weighted by Crippen LogP contribution is 2.31. The number of carbonyl (C=O) groups is 1. The van der Waals surface area contributed by atoms with Crippen molar-refractivity contribution < 1.29 is 19.7 Å². The molecule has 10 heteroatoms. The highest BCUT2D eigenvalue weighted by Gasteiger charge is 2.23. The number of nitro benzene ring substituents is 2. The molecule has 0 aliphatic carbocycles. The largest absolute Gasteiger partial charge is 0.478 e. The van der Waals surface area contributed by atoms with Crippen LogP contribution in [0.1, 0.15) is 16.1 Å². The van der Waals surface area contributed by atoms with Gasteiger partial charge in [0.15, 0.2) is 0 Å². The van der Waals surface area contributed by atoms with Gasteiger partial charge in [0.2, 0.25) is 0 Å². The maximum Gasteiger partial charge on any atom is 0.339 e. The topological polar surface area (TPSA) is 152 Å². The van der Waals surface area contributed by atoms with Crippen molar-refractivity contribution in [3.63, 3.8) is 0 Å². The first-order valence-electron chi connectivity index (χ1n) is 5.53. The van der Waals surface area contributed by atoms with Crippen molar-refractivity contribution in [3.8, 4) is 11.3 Å². The zero-order chi connectivity index (χ0) is 15.7. The fraction of sp³-hybridized carbons (Fsp3) is 0.0909. The summed E-state index contributed by atoms with van der Waals surface area (Å²) in [6.45, 7) is 1.46. The molecule has 2 aromatic rings. The smallest absolute Gasteiger partial charge is 0.339 e. The number of non-ortho nitro benzene ring substituents is 2. The Morgan fingerprint density at radius 2 is 1.71 bits per heavy atom. The third-order valence-electron chi connectivity index (χ3n) is 2.76. The minimum Gasteiger partial charge on any atom is -0.478 e. The maximum absolute atomic E-state index is 11.2. The van der Waals surface area contributed by atoms with Gasteiger partial charge in [0.05, 0.1) is 15.9 Å². The lowest BCUT2D eigenvalue weighted by Gasteiger charge is -2.01. The standard InChI is InChI=1S/C11H8N4O6/c1-5-9(11(16)17)10(13-12-5)6-2-7(14(18)19)4-8(3-6)15(20)21/h2-4H,1H3,(H,12,13)(H,16,17). The molecule has 0 radical (unpaired) electrons. The van der Waals surface area contributed by atoms with Crippen LogP contribution in [-0.4, -0.2) is 31.1 Å². The minimum atomic E-state index is -1.29. The molecule has 1 aromatic carbocycles. The second-order valence-electron chi connectivity index (χ2n) is 4.13. The van der Waals surface area contributed by atoms with Gasteiger partial charge in [-0.3, -0.25) is 25.3 Å². The summed E-state index contributed by atoms with van der Waals surface area (Å²) in [6.07, 6.45) is 0. The van der Waals surface area contributed by atoms with Crippen molar-refractivity contribution in [2.45, 2.75) is 6.92 Å². The number of nitrogens with zero attached hydrogens (tertiary/aromatic N) is 3. The number of rotatable bonds is 4. The van der Waals surface area contributed by atoms with Crippen LogP contribution >= 0.6 is 0 Å². The first kappa shape index (κ1) is 14.1. The number of carboxylic acids is 1. The van der Waals surface area contributed by atoms with E-state index in [1.54, 1.807) is 0 Å². The molecule has 0 amide bonds. The molecule has 21 heavy (non-hydrogen) atoms. The predicted molar refractivity (Wildman–Crippen MR) is 69.0 cm³/mol. The minimum absolute atomic E-state index is 0.0161. The number of aromatic nitrogens is 2. The molecule has 0 bridgehead atoms. The number of hydrogen-bond donors (Lipinski definition) is 2. The Morgan fingerprint density at radius 1 is 1.19 bits per heavy atom. The first-order chi connectivity index (χ1) is 9.81. The zero-order valence-corrected chi connectivity index (χ0v) is 10.6. The number of hydrogen-bond acceptors (Lipinski definition) is 6. The molecule has 10 nitrogen and oxygen atoms in total. The molecule has 0 aliphatic rings. The molecule has 108 valence electrons. The van der Waals surface area contributed by atoms with E-state index in [-0.39, 0.29) is 22.5 Å². The van der Waals surface area contributed by atoms with Crippen molar-refractivity contribution in [2.24, 2.45) is 0 Å². The normalized spacial score (nSPS) is 10.3. The van der Waals surface area contributed by atoms with E-state index >= 15 is 0 Å². The third kappa shape index (κ3) is 2.54. The van der Waals surface area contributed by atoms with Crippen molar-refractivity contribution >= 4 is 17.3 Å². The summed E-state index contributed by atoms with van der Waals surface area (Å²) in [5.74, 6) is -1.29. The molecule has 0 atom stereocenters. The highest BCUT2D eigenvalue weighted by molar-refractivity contribution is 5.96. The number of nitro groups is 2. The van der Waals surface area contributed by atoms with E-state index < -0.39 is 27.2 Å². The van der Waals surface area contributed by atoms with Gasteiger partial charge in [0, 0.05) is 23.4 Å². The Hall–Kier alpha value is -3.30. The van der Waals surface area contributed by atoms with Crippen molar-refractivity contribution in [3.05, 3.63) is 49.7 Å². The number of aryl methyl sites for hydroxylation is 1. The van der Waals surface area contributed by atoms with Crippen LogP contribution in [0.4, 0.5) is 11.4 Å². The van der Waals surface area contributed by atoms with E-state index in [1.165, 1.54) is 6.92 Å². The number of benzene rings is 1. The van der Waals surface area contributed by atoms with Crippen molar-refractivity contribution in [2.75, 3.05) is 0 Å². The van der Waals surface area contributed by atoms with E-state index in [9.17, 15) is 25.0 Å². The monoisotopic (exact) mass is 292 g/mol. The summed E-state index contributed by atoms with van der Waals surface area (Å²) in [5, 5.41) is 37.0. The summed E-state index contributed by atoms with van der Waals surface area (Å²) in [6, 6.07) is 2.87. The van der Waals surface area contributed by atoms with Crippen molar-refractivity contribution in [1.82, 2.24) is 10.2 Å².